The van der Waals surface area contributed by atoms with E-state index in [0.717, 1.165) is 61.9 Å². The van der Waals surface area contributed by atoms with Gasteiger partial charge in [0.15, 0.2) is 5.84 Å². The average molecular weight is 484 g/mol. The summed E-state index contributed by atoms with van der Waals surface area (Å²) in [5.74, 6) is 2.43. The molecule has 190 valence electrons. The monoisotopic (exact) mass is 483 g/mol. The molecule has 0 spiro atoms. The van der Waals surface area contributed by atoms with Crippen LogP contribution in [0.2, 0.25) is 0 Å². The number of amidine groups is 1. The summed E-state index contributed by atoms with van der Waals surface area (Å²) in [5.41, 5.74) is 2.53. The van der Waals surface area contributed by atoms with Gasteiger partial charge in [-0.1, -0.05) is 20.3 Å². The van der Waals surface area contributed by atoms with Crippen LogP contribution in [0.4, 0.5) is 10.2 Å². The Hall–Kier alpha value is -3.29. The second kappa shape index (κ2) is 14.2. The van der Waals surface area contributed by atoms with Crippen molar-refractivity contribution in [2.24, 2.45) is 9.98 Å². The Morgan fingerprint density at radius 3 is 2.43 bits per heavy atom. The van der Waals surface area contributed by atoms with Gasteiger partial charge >= 0.3 is 0 Å². The Kier molecular flexibility index (Phi) is 11.3. The zero-order valence-corrected chi connectivity index (χ0v) is 21.8. The van der Waals surface area contributed by atoms with Gasteiger partial charge in [0.25, 0.3) is 0 Å². The number of amides is 1. The summed E-state index contributed by atoms with van der Waals surface area (Å²) < 4.78 is 18.4. The molecule has 3 rings (SSSR count). The van der Waals surface area contributed by atoms with E-state index in [1.165, 1.54) is 6.07 Å². The number of aryl methyl sites for hydroxylation is 1. The molecule has 0 N–H and O–H groups in total. The third kappa shape index (κ3) is 8.46. The van der Waals surface area contributed by atoms with E-state index in [9.17, 15) is 9.18 Å². The van der Waals surface area contributed by atoms with Crippen LogP contribution in [0.5, 0.6) is 5.75 Å². The molecule has 1 aromatic heterocycles. The van der Waals surface area contributed by atoms with E-state index in [1.807, 2.05) is 30.9 Å². The lowest BCUT2D eigenvalue weighted by atomic mass is 10.1. The first-order chi connectivity index (χ1) is 16.8. The molecule has 1 aliphatic heterocycles. The fourth-order valence-corrected chi connectivity index (χ4v) is 3.73. The first kappa shape index (κ1) is 28.0. The highest BCUT2D eigenvalue weighted by Crippen LogP contribution is 2.19. The van der Waals surface area contributed by atoms with Crippen LogP contribution in [-0.4, -0.2) is 67.7 Å². The molecule has 0 radical (unpaired) electrons. The molecular formula is C27H38FN5O2. The van der Waals surface area contributed by atoms with Crippen LogP contribution in [0.15, 0.2) is 46.5 Å². The van der Waals surface area contributed by atoms with Crippen molar-refractivity contribution in [3.8, 4) is 5.75 Å². The summed E-state index contributed by atoms with van der Waals surface area (Å²) in [6, 6.07) is 8.71. The largest absolute Gasteiger partial charge is 0.497 e. The molecule has 1 aromatic carbocycles. The highest BCUT2D eigenvalue weighted by atomic mass is 19.1. The predicted octanol–water partition coefficient (Wildman–Crippen LogP) is 4.92. The summed E-state index contributed by atoms with van der Waals surface area (Å²) in [4.78, 5) is 28.6. The number of rotatable bonds is 6. The number of methoxy groups -OCH3 is 1. The molecule has 0 saturated carbocycles. The standard InChI is InChI=1S/C14H19FN2.C13H19N3O2/c1-5-6-11(3)17-14(16-4)12-7-8-13(15)10(2)9-12;1-3-13(17)16-8-6-15(7-9-16)12-10-11(18-2)4-5-14-12/h7-9H,5-6H2,1-4H3;4-5,10H,3,6-9H2,1-2H3. The van der Waals surface area contributed by atoms with Crippen molar-refractivity contribution in [1.82, 2.24) is 9.88 Å². The van der Waals surface area contributed by atoms with Gasteiger partial charge < -0.3 is 14.5 Å². The normalized spacial score (nSPS) is 14.4. The van der Waals surface area contributed by atoms with Crippen molar-refractivity contribution >= 4 is 23.3 Å². The molecule has 0 aliphatic carbocycles. The third-order valence-corrected chi connectivity index (χ3v) is 5.75. The zero-order valence-electron chi connectivity index (χ0n) is 21.8. The Morgan fingerprint density at radius 1 is 1.14 bits per heavy atom. The van der Waals surface area contributed by atoms with Gasteiger partial charge in [-0.2, -0.15) is 0 Å². The van der Waals surface area contributed by atoms with Crippen LogP contribution < -0.4 is 9.64 Å². The van der Waals surface area contributed by atoms with E-state index >= 15 is 0 Å². The van der Waals surface area contributed by atoms with Crippen molar-refractivity contribution in [3.05, 3.63) is 53.5 Å². The maximum Gasteiger partial charge on any atom is 0.222 e. The van der Waals surface area contributed by atoms with Crippen molar-refractivity contribution < 1.29 is 13.9 Å². The number of aromatic nitrogens is 1. The van der Waals surface area contributed by atoms with Gasteiger partial charge in [0.2, 0.25) is 5.91 Å². The first-order valence-electron chi connectivity index (χ1n) is 12.1. The van der Waals surface area contributed by atoms with E-state index in [1.54, 1.807) is 39.4 Å². The van der Waals surface area contributed by atoms with Crippen LogP contribution in [0, 0.1) is 12.7 Å². The minimum atomic E-state index is -0.196. The van der Waals surface area contributed by atoms with E-state index in [-0.39, 0.29) is 11.7 Å². The lowest BCUT2D eigenvalue weighted by Crippen LogP contribution is -2.48. The molecule has 1 aliphatic rings. The summed E-state index contributed by atoms with van der Waals surface area (Å²) in [5, 5.41) is 0. The second-order valence-corrected chi connectivity index (χ2v) is 8.38. The van der Waals surface area contributed by atoms with Gasteiger partial charge in [-0.3, -0.25) is 9.79 Å². The number of benzene rings is 1. The summed E-state index contributed by atoms with van der Waals surface area (Å²) in [6.07, 6.45) is 4.35. The van der Waals surface area contributed by atoms with Crippen molar-refractivity contribution in [2.75, 3.05) is 45.2 Å². The number of hydrogen-bond donors (Lipinski definition) is 0. The smallest absolute Gasteiger partial charge is 0.222 e. The second-order valence-electron chi connectivity index (χ2n) is 8.38. The molecule has 0 atom stereocenters. The molecule has 7 nitrogen and oxygen atoms in total. The SMILES string of the molecule is CCC(=O)N1CCN(c2cc(OC)ccn2)CC1.CCCC(C)=NC(=NC)c1ccc(F)c(C)c1. The summed E-state index contributed by atoms with van der Waals surface area (Å²) >= 11 is 0. The number of piperazine rings is 1. The number of nitrogens with zero attached hydrogens (tertiary/aromatic N) is 5. The molecule has 1 saturated heterocycles. The van der Waals surface area contributed by atoms with Gasteiger partial charge in [-0.25, -0.2) is 14.4 Å². The fraction of sp³-hybridized carbons (Fsp3) is 0.481. The maximum absolute atomic E-state index is 13.2. The Balaban J connectivity index is 0.000000247. The molecule has 35 heavy (non-hydrogen) atoms. The average Bonchev–Trinajstić information content (AvgIpc) is 2.89. The highest BCUT2D eigenvalue weighted by molar-refractivity contribution is 6.06. The number of halogens is 1. The van der Waals surface area contributed by atoms with Crippen LogP contribution in [0.1, 0.15) is 51.2 Å². The maximum atomic E-state index is 13.2. The van der Waals surface area contributed by atoms with Crippen LogP contribution in [0.25, 0.3) is 0 Å². The third-order valence-electron chi connectivity index (χ3n) is 5.75. The van der Waals surface area contributed by atoms with Gasteiger partial charge in [-0.15, -0.1) is 0 Å². The highest BCUT2D eigenvalue weighted by Gasteiger charge is 2.20. The number of ether oxygens (including phenoxy) is 1. The molecular weight excluding hydrogens is 445 g/mol. The summed E-state index contributed by atoms with van der Waals surface area (Å²) in [7, 11) is 3.35. The van der Waals surface area contributed by atoms with Crippen molar-refractivity contribution in [1.29, 1.82) is 0 Å². The van der Waals surface area contributed by atoms with Crippen LogP contribution >= 0.6 is 0 Å². The van der Waals surface area contributed by atoms with Crippen molar-refractivity contribution in [3.63, 3.8) is 0 Å². The number of aliphatic imine (C=N–C) groups is 2. The first-order valence-corrected chi connectivity index (χ1v) is 12.1. The predicted molar refractivity (Wildman–Crippen MR) is 141 cm³/mol. The fourth-order valence-electron chi connectivity index (χ4n) is 3.73. The molecule has 2 aromatic rings. The minimum absolute atomic E-state index is 0.196. The number of carbonyl (C=O) groups excluding carboxylic acids is 1. The van der Waals surface area contributed by atoms with E-state index in [4.69, 9.17) is 4.74 Å². The number of carbonyl (C=O) groups is 1. The Morgan fingerprint density at radius 2 is 1.86 bits per heavy atom. The minimum Gasteiger partial charge on any atom is -0.497 e. The molecule has 8 heteroatoms. The van der Waals surface area contributed by atoms with Gasteiger partial charge in [0.1, 0.15) is 17.4 Å². The van der Waals surface area contributed by atoms with Crippen molar-refractivity contribution in [2.45, 2.75) is 47.0 Å². The number of pyridine rings is 1. The van der Waals surface area contributed by atoms with E-state index in [2.05, 4.69) is 26.8 Å². The molecule has 0 bridgehead atoms. The van der Waals surface area contributed by atoms with E-state index in [0.29, 0.717) is 17.8 Å². The Labute approximate surface area is 208 Å². The number of anilines is 1. The number of hydrogen-bond acceptors (Lipinski definition) is 5. The van der Waals surface area contributed by atoms with Gasteiger partial charge in [0.05, 0.1) is 7.11 Å². The van der Waals surface area contributed by atoms with Crippen LogP contribution in [-0.2, 0) is 4.79 Å². The zero-order chi connectivity index (χ0) is 25.8. The molecule has 1 fully saturated rings. The topological polar surface area (TPSA) is 70.4 Å². The molecule has 0 unspecified atom stereocenters. The molecule has 1 amide bonds. The van der Waals surface area contributed by atoms with Crippen LogP contribution in [0.3, 0.4) is 0 Å². The van der Waals surface area contributed by atoms with E-state index < -0.39 is 0 Å². The quantitative estimate of drug-likeness (QED) is 0.432. The molecule has 2 heterocycles. The van der Waals surface area contributed by atoms with Gasteiger partial charge in [-0.05, 0) is 50.1 Å². The summed E-state index contributed by atoms with van der Waals surface area (Å²) in [6.45, 7) is 10.9. The lowest BCUT2D eigenvalue weighted by Gasteiger charge is -2.35. The van der Waals surface area contributed by atoms with Gasteiger partial charge in [0, 0.05) is 63.2 Å². The lowest BCUT2D eigenvalue weighted by molar-refractivity contribution is -0.131. The Bertz CT molecular complexity index is 1030.